The fourth-order valence-corrected chi connectivity index (χ4v) is 2.36. The maximum absolute atomic E-state index is 11.7. The van der Waals surface area contributed by atoms with Gasteiger partial charge in [-0.25, -0.2) is 4.79 Å². The molecule has 8 heteroatoms. The van der Waals surface area contributed by atoms with E-state index in [9.17, 15) is 9.59 Å². The van der Waals surface area contributed by atoms with E-state index in [2.05, 4.69) is 17.5 Å². The molecule has 0 heterocycles. The van der Waals surface area contributed by atoms with Crippen molar-refractivity contribution in [2.24, 2.45) is 0 Å². The summed E-state index contributed by atoms with van der Waals surface area (Å²) < 4.78 is 21.1. The van der Waals surface area contributed by atoms with Gasteiger partial charge in [0.15, 0.2) is 0 Å². The molecule has 0 aromatic heterocycles. The van der Waals surface area contributed by atoms with Gasteiger partial charge in [-0.05, 0) is 32.1 Å². The minimum atomic E-state index is -0.876. The predicted octanol–water partition coefficient (Wildman–Crippen LogP) is 2.13. The van der Waals surface area contributed by atoms with E-state index < -0.39 is 12.1 Å². The summed E-state index contributed by atoms with van der Waals surface area (Å²) in [6, 6.07) is 0. The Kier molecular flexibility index (Phi) is 13.4. The van der Waals surface area contributed by atoms with Gasteiger partial charge in [0.05, 0.1) is 46.1 Å². The van der Waals surface area contributed by atoms with E-state index in [0.29, 0.717) is 39.6 Å². The lowest BCUT2D eigenvalue weighted by molar-refractivity contribution is -0.138. The Morgan fingerprint density at radius 3 is 2.31 bits per heavy atom. The molecule has 1 aliphatic carbocycles. The van der Waals surface area contributed by atoms with Crippen molar-refractivity contribution in [2.75, 3.05) is 46.2 Å². The van der Waals surface area contributed by atoms with E-state index in [1.165, 1.54) is 0 Å². The zero-order valence-corrected chi connectivity index (χ0v) is 15.3. The summed E-state index contributed by atoms with van der Waals surface area (Å²) >= 11 is 0. The van der Waals surface area contributed by atoms with Crippen LogP contribution in [-0.2, 0) is 23.7 Å². The predicted molar refractivity (Wildman–Crippen MR) is 95.2 cm³/mol. The number of carboxylic acid groups (broad SMARTS) is 1. The van der Waals surface area contributed by atoms with Crippen molar-refractivity contribution in [1.29, 1.82) is 0 Å². The SMILES string of the molecule is O=C(O)CCOCCOCCOCCNC(=O)OC1CC/C=C\CCC1. The second-order valence-corrected chi connectivity index (χ2v) is 5.91. The van der Waals surface area contributed by atoms with E-state index in [0.717, 1.165) is 32.1 Å². The van der Waals surface area contributed by atoms with Crippen LogP contribution < -0.4 is 5.32 Å². The van der Waals surface area contributed by atoms with Gasteiger partial charge in [0.1, 0.15) is 6.10 Å². The average molecular weight is 373 g/mol. The molecule has 26 heavy (non-hydrogen) atoms. The molecule has 0 saturated carbocycles. The summed E-state index contributed by atoms with van der Waals surface area (Å²) in [5, 5.41) is 11.1. The van der Waals surface area contributed by atoms with Crippen molar-refractivity contribution < 1.29 is 33.6 Å². The number of hydrogen-bond donors (Lipinski definition) is 2. The molecule has 2 N–H and O–H groups in total. The summed E-state index contributed by atoms with van der Waals surface area (Å²) in [5.74, 6) is -0.876. The van der Waals surface area contributed by atoms with Crippen molar-refractivity contribution in [1.82, 2.24) is 5.32 Å². The van der Waals surface area contributed by atoms with Crippen molar-refractivity contribution >= 4 is 12.1 Å². The van der Waals surface area contributed by atoms with Crippen LogP contribution in [0.4, 0.5) is 4.79 Å². The van der Waals surface area contributed by atoms with Crippen LogP contribution in [0.1, 0.15) is 38.5 Å². The molecule has 0 aromatic rings. The lowest BCUT2D eigenvalue weighted by Gasteiger charge is -2.18. The van der Waals surface area contributed by atoms with Crippen LogP contribution in [-0.4, -0.2) is 69.5 Å². The highest BCUT2D eigenvalue weighted by Crippen LogP contribution is 2.15. The molecule has 0 aromatic carbocycles. The molecule has 1 amide bonds. The van der Waals surface area contributed by atoms with Crippen LogP contribution in [0.3, 0.4) is 0 Å². The van der Waals surface area contributed by atoms with Crippen LogP contribution >= 0.6 is 0 Å². The first-order valence-electron chi connectivity index (χ1n) is 9.23. The second-order valence-electron chi connectivity index (χ2n) is 5.91. The van der Waals surface area contributed by atoms with Crippen molar-refractivity contribution in [3.05, 3.63) is 12.2 Å². The number of carbonyl (C=O) groups excluding carboxylic acids is 1. The third kappa shape index (κ3) is 13.6. The first-order valence-corrected chi connectivity index (χ1v) is 9.23. The third-order valence-electron chi connectivity index (χ3n) is 3.71. The highest BCUT2D eigenvalue weighted by atomic mass is 16.6. The summed E-state index contributed by atoms with van der Waals surface area (Å²) in [4.78, 5) is 22.0. The highest BCUT2D eigenvalue weighted by molar-refractivity contribution is 5.67. The summed E-state index contributed by atoms with van der Waals surface area (Å²) in [5.41, 5.74) is 0. The lowest BCUT2D eigenvalue weighted by atomic mass is 10.0. The number of rotatable bonds is 13. The molecule has 0 radical (unpaired) electrons. The molecule has 8 nitrogen and oxygen atoms in total. The van der Waals surface area contributed by atoms with Gasteiger partial charge in [0.25, 0.3) is 0 Å². The van der Waals surface area contributed by atoms with Gasteiger partial charge in [0.2, 0.25) is 0 Å². The maximum Gasteiger partial charge on any atom is 0.407 e. The Labute approximate surface area is 154 Å². The topological polar surface area (TPSA) is 103 Å². The number of ether oxygens (including phenoxy) is 4. The fourth-order valence-electron chi connectivity index (χ4n) is 2.36. The molecule has 0 spiro atoms. The van der Waals surface area contributed by atoms with Crippen molar-refractivity contribution in [3.8, 4) is 0 Å². The maximum atomic E-state index is 11.7. The van der Waals surface area contributed by atoms with Gasteiger partial charge in [-0.1, -0.05) is 12.2 Å². The molecule has 1 unspecified atom stereocenters. The summed E-state index contributed by atoms with van der Waals surface area (Å²) in [6.45, 7) is 2.56. The van der Waals surface area contributed by atoms with Crippen LogP contribution in [0.2, 0.25) is 0 Å². The van der Waals surface area contributed by atoms with Crippen LogP contribution in [0.5, 0.6) is 0 Å². The van der Waals surface area contributed by atoms with E-state index in [1.807, 2.05) is 0 Å². The quantitative estimate of drug-likeness (QED) is 0.376. The molecule has 150 valence electrons. The Bertz CT molecular complexity index is 414. The Morgan fingerprint density at radius 1 is 0.923 bits per heavy atom. The molecule has 0 aliphatic heterocycles. The summed E-state index contributed by atoms with van der Waals surface area (Å²) in [6.07, 6.45) is 8.75. The zero-order valence-electron chi connectivity index (χ0n) is 15.3. The minimum absolute atomic E-state index is 0.00363. The minimum Gasteiger partial charge on any atom is -0.481 e. The van der Waals surface area contributed by atoms with Crippen LogP contribution in [0.15, 0.2) is 12.2 Å². The Morgan fingerprint density at radius 2 is 1.58 bits per heavy atom. The normalized spacial score (nSPS) is 18.5. The largest absolute Gasteiger partial charge is 0.481 e. The molecule has 0 bridgehead atoms. The van der Waals surface area contributed by atoms with Crippen LogP contribution in [0.25, 0.3) is 0 Å². The molecular weight excluding hydrogens is 342 g/mol. The first-order chi connectivity index (χ1) is 12.7. The fraction of sp³-hybridized carbons (Fsp3) is 0.778. The smallest absolute Gasteiger partial charge is 0.407 e. The molecule has 1 rings (SSSR count). The van der Waals surface area contributed by atoms with E-state index in [4.69, 9.17) is 24.1 Å². The van der Waals surface area contributed by atoms with Crippen LogP contribution in [0, 0.1) is 0 Å². The number of alkyl carbamates (subject to hydrolysis) is 1. The van der Waals surface area contributed by atoms with Gasteiger partial charge in [-0.15, -0.1) is 0 Å². The summed E-state index contributed by atoms with van der Waals surface area (Å²) in [7, 11) is 0. The van der Waals surface area contributed by atoms with Gasteiger partial charge in [-0.2, -0.15) is 0 Å². The van der Waals surface area contributed by atoms with Gasteiger partial charge < -0.3 is 29.4 Å². The molecule has 0 fully saturated rings. The van der Waals surface area contributed by atoms with Gasteiger partial charge >= 0.3 is 12.1 Å². The third-order valence-corrected chi connectivity index (χ3v) is 3.71. The number of aliphatic carboxylic acids is 1. The van der Waals surface area contributed by atoms with E-state index in [-0.39, 0.29) is 19.1 Å². The zero-order chi connectivity index (χ0) is 18.9. The second kappa shape index (κ2) is 15.6. The number of hydrogen-bond acceptors (Lipinski definition) is 6. The number of nitrogens with one attached hydrogen (secondary N) is 1. The average Bonchev–Trinajstić information content (AvgIpc) is 2.58. The van der Waals surface area contributed by atoms with E-state index in [1.54, 1.807) is 0 Å². The molecular formula is C18H31NO7. The van der Waals surface area contributed by atoms with E-state index >= 15 is 0 Å². The Balaban J connectivity index is 1.85. The number of amides is 1. The number of allylic oxidation sites excluding steroid dienone is 2. The van der Waals surface area contributed by atoms with Crippen molar-refractivity contribution in [3.63, 3.8) is 0 Å². The van der Waals surface area contributed by atoms with Crippen molar-refractivity contribution in [2.45, 2.75) is 44.6 Å². The standard InChI is InChI=1S/C18H31NO7/c20-17(21)8-10-23-12-14-25-15-13-24-11-9-19-18(22)26-16-6-4-2-1-3-5-7-16/h1-2,16H,3-15H2,(H,19,22)(H,20,21)/b2-1-. The van der Waals surface area contributed by atoms with Gasteiger partial charge in [-0.3, -0.25) is 4.79 Å². The molecule has 0 saturated heterocycles. The monoisotopic (exact) mass is 373 g/mol. The number of carbonyl (C=O) groups is 2. The lowest BCUT2D eigenvalue weighted by Crippen LogP contribution is -2.31. The molecule has 1 atom stereocenters. The Hall–Kier alpha value is -1.64. The first kappa shape index (κ1) is 22.4. The molecule has 1 aliphatic rings. The highest BCUT2D eigenvalue weighted by Gasteiger charge is 2.14. The van der Waals surface area contributed by atoms with Gasteiger partial charge in [0, 0.05) is 6.54 Å². The number of carboxylic acids is 1.